The molecule has 1 aromatic carbocycles. The topological polar surface area (TPSA) is 12.0 Å². The summed E-state index contributed by atoms with van der Waals surface area (Å²) in [6.45, 7) is 3.34. The molecule has 1 aromatic heterocycles. The number of benzene rings is 1. The van der Waals surface area contributed by atoms with Crippen molar-refractivity contribution in [2.24, 2.45) is 0 Å². The lowest BCUT2D eigenvalue weighted by Gasteiger charge is -2.18. The summed E-state index contributed by atoms with van der Waals surface area (Å²) in [5.41, 5.74) is 2.91. The van der Waals surface area contributed by atoms with E-state index in [0.717, 1.165) is 13.0 Å². The van der Waals surface area contributed by atoms with Crippen molar-refractivity contribution in [2.75, 3.05) is 6.54 Å². The molecule has 2 rings (SSSR count). The van der Waals surface area contributed by atoms with Gasteiger partial charge in [0.1, 0.15) is 0 Å². The van der Waals surface area contributed by atoms with Gasteiger partial charge in [0.25, 0.3) is 0 Å². The highest BCUT2D eigenvalue weighted by Crippen LogP contribution is 2.12. The van der Waals surface area contributed by atoms with Crippen molar-refractivity contribution in [1.29, 1.82) is 0 Å². The summed E-state index contributed by atoms with van der Waals surface area (Å²) in [5, 5.41) is 8.11. The Morgan fingerprint density at radius 2 is 1.95 bits per heavy atom. The highest BCUT2D eigenvalue weighted by Gasteiger charge is 2.09. The van der Waals surface area contributed by atoms with Gasteiger partial charge in [0, 0.05) is 6.04 Å². The van der Waals surface area contributed by atoms with Crippen molar-refractivity contribution >= 4 is 11.3 Å². The zero-order valence-corrected chi connectivity index (χ0v) is 12.5. The molecule has 1 nitrogen and oxygen atoms in total. The lowest BCUT2D eigenvalue weighted by molar-refractivity contribution is 0.478. The van der Waals surface area contributed by atoms with Crippen LogP contribution in [-0.2, 0) is 12.8 Å². The quantitative estimate of drug-likeness (QED) is 0.756. The number of rotatable bonds is 8. The van der Waals surface area contributed by atoms with Crippen LogP contribution in [0, 0.1) is 0 Å². The van der Waals surface area contributed by atoms with Gasteiger partial charge in [0.2, 0.25) is 0 Å². The van der Waals surface area contributed by atoms with E-state index in [1.165, 1.54) is 30.4 Å². The molecule has 0 fully saturated rings. The smallest absolute Gasteiger partial charge is 0.0111 e. The number of aryl methyl sites for hydroxylation is 1. The Morgan fingerprint density at radius 3 is 2.63 bits per heavy atom. The van der Waals surface area contributed by atoms with E-state index in [4.69, 9.17) is 0 Å². The summed E-state index contributed by atoms with van der Waals surface area (Å²) in [4.78, 5) is 0. The Hall–Kier alpha value is -1.12. The van der Waals surface area contributed by atoms with Gasteiger partial charge in [-0.15, -0.1) is 0 Å². The zero-order chi connectivity index (χ0) is 13.3. The van der Waals surface area contributed by atoms with Gasteiger partial charge < -0.3 is 5.32 Å². The molecule has 0 aliphatic heterocycles. The minimum Gasteiger partial charge on any atom is -0.314 e. The average Bonchev–Trinajstić information content (AvgIpc) is 2.96. The molecule has 0 radical (unpaired) electrons. The maximum Gasteiger partial charge on any atom is 0.0111 e. The largest absolute Gasteiger partial charge is 0.314 e. The van der Waals surface area contributed by atoms with Crippen LogP contribution in [0.25, 0.3) is 0 Å². The van der Waals surface area contributed by atoms with E-state index in [1.807, 2.05) is 0 Å². The Bertz CT molecular complexity index is 436. The molecule has 1 atom stereocenters. The molecule has 1 N–H and O–H groups in total. The molecule has 1 heterocycles. The first-order valence-electron chi connectivity index (χ1n) is 7.17. The Kier molecular flexibility index (Phi) is 6.12. The third-order valence-corrected chi connectivity index (χ3v) is 4.10. The molecule has 0 saturated carbocycles. The van der Waals surface area contributed by atoms with Crippen LogP contribution >= 0.6 is 11.3 Å². The minimum atomic E-state index is 0.585. The van der Waals surface area contributed by atoms with Gasteiger partial charge in [-0.05, 0) is 60.2 Å². The molecule has 2 heteroatoms. The van der Waals surface area contributed by atoms with Crippen LogP contribution in [0.3, 0.4) is 0 Å². The Balaban J connectivity index is 1.87. The van der Waals surface area contributed by atoms with Crippen molar-refractivity contribution in [3.05, 3.63) is 58.3 Å². The summed E-state index contributed by atoms with van der Waals surface area (Å²) < 4.78 is 0. The summed E-state index contributed by atoms with van der Waals surface area (Å²) in [6, 6.07) is 13.6. The predicted octanol–water partition coefficient (Wildman–Crippen LogP) is 4.29. The van der Waals surface area contributed by atoms with Gasteiger partial charge in [-0.2, -0.15) is 11.3 Å². The van der Waals surface area contributed by atoms with Gasteiger partial charge in [-0.3, -0.25) is 0 Å². The lowest BCUT2D eigenvalue weighted by Crippen LogP contribution is -2.32. The van der Waals surface area contributed by atoms with Crippen LogP contribution in [0.5, 0.6) is 0 Å². The van der Waals surface area contributed by atoms with Gasteiger partial charge in [0.15, 0.2) is 0 Å². The highest BCUT2D eigenvalue weighted by molar-refractivity contribution is 7.07. The summed E-state index contributed by atoms with van der Waals surface area (Å²) >= 11 is 1.79. The van der Waals surface area contributed by atoms with E-state index in [2.05, 4.69) is 59.4 Å². The third kappa shape index (κ3) is 5.17. The summed E-state index contributed by atoms with van der Waals surface area (Å²) in [6.07, 6.45) is 4.72. The Morgan fingerprint density at radius 1 is 1.11 bits per heavy atom. The number of hydrogen-bond acceptors (Lipinski definition) is 2. The molecule has 19 heavy (non-hydrogen) atoms. The van der Waals surface area contributed by atoms with E-state index >= 15 is 0 Å². The number of nitrogens with one attached hydrogen (secondary N) is 1. The maximum atomic E-state index is 3.68. The fourth-order valence-electron chi connectivity index (χ4n) is 2.30. The van der Waals surface area contributed by atoms with Crippen molar-refractivity contribution in [3.63, 3.8) is 0 Å². The van der Waals surface area contributed by atoms with E-state index in [0.29, 0.717) is 6.04 Å². The summed E-state index contributed by atoms with van der Waals surface area (Å²) in [5.74, 6) is 0. The van der Waals surface area contributed by atoms with E-state index < -0.39 is 0 Å². The first-order chi connectivity index (χ1) is 9.38. The Labute approximate surface area is 120 Å². The van der Waals surface area contributed by atoms with E-state index in [9.17, 15) is 0 Å². The standard InChI is InChI=1S/C17H23NS/c1-2-11-18-17(9-8-16-10-12-19-14-16)13-15-6-4-3-5-7-15/h3-7,10,12,14,17-18H,2,8-9,11,13H2,1H3. The predicted molar refractivity (Wildman–Crippen MR) is 84.9 cm³/mol. The van der Waals surface area contributed by atoms with Gasteiger partial charge in [-0.25, -0.2) is 0 Å². The van der Waals surface area contributed by atoms with Crippen molar-refractivity contribution in [3.8, 4) is 0 Å². The molecule has 1 unspecified atom stereocenters. The normalized spacial score (nSPS) is 12.5. The first-order valence-corrected chi connectivity index (χ1v) is 8.11. The van der Waals surface area contributed by atoms with Gasteiger partial charge in [-0.1, -0.05) is 37.3 Å². The van der Waals surface area contributed by atoms with E-state index in [1.54, 1.807) is 11.3 Å². The van der Waals surface area contributed by atoms with Crippen molar-refractivity contribution < 1.29 is 0 Å². The second-order valence-corrected chi connectivity index (χ2v) is 5.79. The molecule has 2 aromatic rings. The van der Waals surface area contributed by atoms with Crippen LogP contribution in [0.4, 0.5) is 0 Å². The molecular weight excluding hydrogens is 250 g/mol. The zero-order valence-electron chi connectivity index (χ0n) is 11.6. The SMILES string of the molecule is CCCNC(CCc1ccsc1)Cc1ccccc1. The van der Waals surface area contributed by atoms with Crippen LogP contribution in [0.2, 0.25) is 0 Å². The number of thiophene rings is 1. The fourth-order valence-corrected chi connectivity index (χ4v) is 3.00. The first kappa shape index (κ1) is 14.3. The second-order valence-electron chi connectivity index (χ2n) is 5.01. The van der Waals surface area contributed by atoms with Crippen LogP contribution in [-0.4, -0.2) is 12.6 Å². The van der Waals surface area contributed by atoms with E-state index in [-0.39, 0.29) is 0 Å². The van der Waals surface area contributed by atoms with Crippen LogP contribution in [0.1, 0.15) is 30.9 Å². The van der Waals surface area contributed by atoms with Gasteiger partial charge >= 0.3 is 0 Å². The van der Waals surface area contributed by atoms with Crippen molar-refractivity contribution in [2.45, 2.75) is 38.6 Å². The maximum absolute atomic E-state index is 3.68. The minimum absolute atomic E-state index is 0.585. The van der Waals surface area contributed by atoms with Crippen LogP contribution < -0.4 is 5.32 Å². The molecule has 102 valence electrons. The molecule has 0 aliphatic rings. The molecular formula is C17H23NS. The third-order valence-electron chi connectivity index (χ3n) is 3.37. The van der Waals surface area contributed by atoms with Crippen LogP contribution in [0.15, 0.2) is 47.2 Å². The molecule has 0 spiro atoms. The highest BCUT2D eigenvalue weighted by atomic mass is 32.1. The fraction of sp³-hybridized carbons (Fsp3) is 0.412. The molecule has 0 amide bonds. The lowest BCUT2D eigenvalue weighted by atomic mass is 10.00. The van der Waals surface area contributed by atoms with Crippen molar-refractivity contribution in [1.82, 2.24) is 5.32 Å². The van der Waals surface area contributed by atoms with Gasteiger partial charge in [0.05, 0.1) is 0 Å². The number of hydrogen-bond donors (Lipinski definition) is 1. The molecule has 0 saturated heterocycles. The summed E-state index contributed by atoms with van der Waals surface area (Å²) in [7, 11) is 0. The monoisotopic (exact) mass is 273 g/mol. The second kappa shape index (κ2) is 8.13. The molecule has 0 aliphatic carbocycles. The average molecular weight is 273 g/mol. The molecule has 0 bridgehead atoms.